The number of rotatable bonds is 5. The van der Waals surface area contributed by atoms with Gasteiger partial charge >= 0.3 is 11.9 Å². The van der Waals surface area contributed by atoms with Crippen LogP contribution in [0, 0.1) is 5.92 Å². The van der Waals surface area contributed by atoms with Crippen LogP contribution in [0.5, 0.6) is 0 Å². The molecule has 1 unspecified atom stereocenters. The highest BCUT2D eigenvalue weighted by molar-refractivity contribution is 5.74. The zero-order chi connectivity index (χ0) is 12.1. The summed E-state index contributed by atoms with van der Waals surface area (Å²) < 4.78 is 5.03. The zero-order valence-electron chi connectivity index (χ0n) is 9.32. The Bertz CT molecular complexity index is 228. The molecule has 15 heavy (non-hydrogen) atoms. The minimum atomic E-state index is -0.989. The Labute approximate surface area is 89.0 Å². The minimum absolute atomic E-state index is 0.0980. The normalized spacial score (nSPS) is 13.3. The number of carboxylic acids is 1. The van der Waals surface area contributed by atoms with Gasteiger partial charge in [0.25, 0.3) is 0 Å². The van der Waals surface area contributed by atoms with Gasteiger partial charge in [-0.2, -0.15) is 0 Å². The number of esters is 1. The summed E-state index contributed by atoms with van der Waals surface area (Å²) in [5.41, 5.74) is -0.617. The highest BCUT2D eigenvalue weighted by Gasteiger charge is 2.24. The van der Waals surface area contributed by atoms with Crippen molar-refractivity contribution in [2.45, 2.75) is 39.2 Å². The number of carbonyl (C=O) groups excluding carboxylic acids is 1. The van der Waals surface area contributed by atoms with E-state index in [1.165, 1.54) is 0 Å². The van der Waals surface area contributed by atoms with Gasteiger partial charge in [-0.15, -0.1) is 0 Å². The van der Waals surface area contributed by atoms with Crippen molar-refractivity contribution in [1.82, 2.24) is 0 Å². The smallest absolute Gasteiger partial charge is 0.311 e. The van der Waals surface area contributed by atoms with Crippen molar-refractivity contribution in [2.75, 3.05) is 6.61 Å². The number of aliphatic hydroxyl groups is 1. The van der Waals surface area contributed by atoms with Gasteiger partial charge < -0.3 is 14.9 Å². The Morgan fingerprint density at radius 3 is 2.20 bits per heavy atom. The summed E-state index contributed by atoms with van der Waals surface area (Å²) in [6.07, 6.45) is -0.0504. The van der Waals surface area contributed by atoms with Gasteiger partial charge in [0.05, 0.1) is 12.5 Å². The summed E-state index contributed by atoms with van der Waals surface area (Å²) in [4.78, 5) is 21.7. The molecule has 0 saturated heterocycles. The third kappa shape index (κ3) is 6.90. The van der Waals surface area contributed by atoms with Crippen molar-refractivity contribution in [1.29, 1.82) is 0 Å². The molecule has 2 N–H and O–H groups in total. The molecule has 0 amide bonds. The molecule has 0 aromatic heterocycles. The minimum Gasteiger partial charge on any atom is -0.481 e. The summed E-state index contributed by atoms with van der Waals surface area (Å²) in [6.45, 7) is 4.77. The molecule has 1 atom stereocenters. The zero-order valence-corrected chi connectivity index (χ0v) is 9.32. The summed E-state index contributed by atoms with van der Waals surface area (Å²) in [5.74, 6) is -2.29. The molecular formula is C10H18O5. The predicted molar refractivity (Wildman–Crippen MR) is 53.3 cm³/mol. The average Bonchev–Trinajstić information content (AvgIpc) is 2.01. The number of ether oxygens (including phenoxy) is 1. The molecule has 0 heterocycles. The molecule has 88 valence electrons. The molecule has 0 rings (SSSR count). The Balaban J connectivity index is 4.16. The SMILES string of the molecule is CC(C)(C)OC(=O)C(CO)CCC(=O)O. The first-order valence-corrected chi connectivity index (χ1v) is 4.82. The highest BCUT2D eigenvalue weighted by atomic mass is 16.6. The van der Waals surface area contributed by atoms with Crippen LogP contribution < -0.4 is 0 Å². The fourth-order valence-electron chi connectivity index (χ4n) is 0.966. The monoisotopic (exact) mass is 218 g/mol. The van der Waals surface area contributed by atoms with Crippen molar-refractivity contribution in [3.05, 3.63) is 0 Å². The molecule has 0 spiro atoms. The van der Waals surface area contributed by atoms with Gasteiger partial charge in [-0.3, -0.25) is 9.59 Å². The van der Waals surface area contributed by atoms with Crippen LogP contribution in [0.25, 0.3) is 0 Å². The molecule has 5 heteroatoms. The quantitative estimate of drug-likeness (QED) is 0.667. The standard InChI is InChI=1S/C10H18O5/c1-10(2,3)15-9(14)7(6-11)4-5-8(12)13/h7,11H,4-6H2,1-3H3,(H,12,13). The number of hydrogen-bond acceptors (Lipinski definition) is 4. The predicted octanol–water partition coefficient (Wildman–Crippen LogP) is 0.801. The van der Waals surface area contributed by atoms with Crippen molar-refractivity contribution in [3.8, 4) is 0 Å². The van der Waals surface area contributed by atoms with Crippen LogP contribution in [0.2, 0.25) is 0 Å². The number of carboxylic acid groups (broad SMARTS) is 1. The van der Waals surface area contributed by atoms with Crippen LogP contribution in [-0.4, -0.2) is 34.4 Å². The molecular weight excluding hydrogens is 200 g/mol. The van der Waals surface area contributed by atoms with Gasteiger partial charge in [-0.05, 0) is 27.2 Å². The van der Waals surface area contributed by atoms with Gasteiger partial charge in [0.2, 0.25) is 0 Å². The van der Waals surface area contributed by atoms with Crippen LogP contribution in [-0.2, 0) is 14.3 Å². The van der Waals surface area contributed by atoms with Crippen LogP contribution in [0.15, 0.2) is 0 Å². The Hall–Kier alpha value is -1.10. The first kappa shape index (κ1) is 13.9. The van der Waals surface area contributed by atoms with E-state index in [2.05, 4.69) is 0 Å². The number of carbonyl (C=O) groups is 2. The Kier molecular flexibility index (Phi) is 5.28. The molecule has 0 bridgehead atoms. The lowest BCUT2D eigenvalue weighted by Gasteiger charge is -2.22. The second kappa shape index (κ2) is 5.70. The van der Waals surface area contributed by atoms with Crippen LogP contribution in [0.4, 0.5) is 0 Å². The number of aliphatic hydroxyl groups excluding tert-OH is 1. The fraction of sp³-hybridized carbons (Fsp3) is 0.800. The van der Waals surface area contributed by atoms with Crippen molar-refractivity contribution in [2.24, 2.45) is 5.92 Å². The third-order valence-corrected chi connectivity index (χ3v) is 1.67. The summed E-state index contributed by atoms with van der Waals surface area (Å²) in [5, 5.41) is 17.4. The van der Waals surface area contributed by atoms with E-state index in [1.54, 1.807) is 20.8 Å². The van der Waals surface area contributed by atoms with Crippen molar-refractivity contribution < 1.29 is 24.5 Å². The molecule has 0 aromatic rings. The van der Waals surface area contributed by atoms with E-state index < -0.39 is 23.5 Å². The average molecular weight is 218 g/mol. The van der Waals surface area contributed by atoms with Crippen molar-refractivity contribution in [3.63, 3.8) is 0 Å². The van der Waals surface area contributed by atoms with E-state index >= 15 is 0 Å². The van der Waals surface area contributed by atoms with Gasteiger partial charge in [0.1, 0.15) is 5.60 Å². The lowest BCUT2D eigenvalue weighted by atomic mass is 10.0. The van der Waals surface area contributed by atoms with Gasteiger partial charge in [-0.25, -0.2) is 0 Å². The maximum absolute atomic E-state index is 11.4. The van der Waals surface area contributed by atoms with E-state index in [-0.39, 0.29) is 19.4 Å². The van der Waals surface area contributed by atoms with E-state index in [4.69, 9.17) is 14.9 Å². The Morgan fingerprint density at radius 2 is 1.87 bits per heavy atom. The van der Waals surface area contributed by atoms with Gasteiger partial charge in [0, 0.05) is 6.42 Å². The largest absolute Gasteiger partial charge is 0.481 e. The lowest BCUT2D eigenvalue weighted by Crippen LogP contribution is -2.30. The van der Waals surface area contributed by atoms with E-state index in [0.717, 1.165) is 0 Å². The topological polar surface area (TPSA) is 83.8 Å². The molecule has 0 aliphatic heterocycles. The van der Waals surface area contributed by atoms with E-state index in [1.807, 2.05) is 0 Å². The summed E-state index contributed by atoms with van der Waals surface area (Å²) in [7, 11) is 0. The van der Waals surface area contributed by atoms with Gasteiger partial charge in [0.15, 0.2) is 0 Å². The third-order valence-electron chi connectivity index (χ3n) is 1.67. The van der Waals surface area contributed by atoms with Crippen LogP contribution in [0.3, 0.4) is 0 Å². The van der Waals surface area contributed by atoms with E-state index in [9.17, 15) is 9.59 Å². The molecule has 0 radical (unpaired) electrons. The molecule has 0 aliphatic rings. The fourth-order valence-corrected chi connectivity index (χ4v) is 0.966. The van der Waals surface area contributed by atoms with Crippen LogP contribution in [0.1, 0.15) is 33.6 Å². The highest BCUT2D eigenvalue weighted by Crippen LogP contribution is 2.14. The molecule has 0 saturated carbocycles. The first-order valence-electron chi connectivity index (χ1n) is 4.82. The molecule has 0 aromatic carbocycles. The summed E-state index contributed by atoms with van der Waals surface area (Å²) >= 11 is 0. The van der Waals surface area contributed by atoms with Crippen molar-refractivity contribution >= 4 is 11.9 Å². The number of hydrogen-bond donors (Lipinski definition) is 2. The maximum atomic E-state index is 11.4. The second-order valence-electron chi connectivity index (χ2n) is 4.35. The van der Waals surface area contributed by atoms with Gasteiger partial charge in [-0.1, -0.05) is 0 Å². The Morgan fingerprint density at radius 1 is 1.33 bits per heavy atom. The van der Waals surface area contributed by atoms with E-state index in [0.29, 0.717) is 0 Å². The maximum Gasteiger partial charge on any atom is 0.311 e. The molecule has 0 aliphatic carbocycles. The first-order chi connectivity index (χ1) is 6.76. The second-order valence-corrected chi connectivity index (χ2v) is 4.35. The molecule has 0 fully saturated rings. The number of aliphatic carboxylic acids is 1. The lowest BCUT2D eigenvalue weighted by molar-refractivity contribution is -0.161. The van der Waals surface area contributed by atoms with Crippen LogP contribution >= 0.6 is 0 Å². The summed E-state index contributed by atoms with van der Waals surface area (Å²) in [6, 6.07) is 0. The molecule has 5 nitrogen and oxygen atoms in total.